The zero-order chi connectivity index (χ0) is 8.27. The largest absolute Gasteiger partial charge is 0.363 e. The van der Waals surface area contributed by atoms with Gasteiger partial charge in [-0.2, -0.15) is 15.4 Å². The van der Waals surface area contributed by atoms with Crippen LogP contribution in [-0.2, 0) is 4.74 Å². The third kappa shape index (κ3) is 1.75. The van der Waals surface area contributed by atoms with Crippen LogP contribution >= 0.6 is 0 Å². The highest BCUT2D eigenvalue weighted by Gasteiger charge is 2.13. The van der Waals surface area contributed by atoms with E-state index >= 15 is 0 Å². The quantitative estimate of drug-likeness (QED) is 0.612. The Morgan fingerprint density at radius 2 is 2.36 bits per heavy atom. The van der Waals surface area contributed by atoms with E-state index in [9.17, 15) is 5.11 Å². The van der Waals surface area contributed by atoms with Crippen molar-refractivity contribution in [2.45, 2.75) is 20.1 Å². The van der Waals surface area contributed by atoms with E-state index in [4.69, 9.17) is 4.74 Å². The minimum Gasteiger partial charge on any atom is -0.363 e. The van der Waals surface area contributed by atoms with Gasteiger partial charge in [0.05, 0.1) is 5.69 Å². The van der Waals surface area contributed by atoms with Crippen LogP contribution in [0.5, 0.6) is 0 Å². The van der Waals surface area contributed by atoms with Crippen molar-refractivity contribution >= 4 is 0 Å². The number of hydrogen-bond donors (Lipinski definition) is 2. The Morgan fingerprint density at radius 1 is 1.64 bits per heavy atom. The summed E-state index contributed by atoms with van der Waals surface area (Å²) in [6, 6.07) is 0. The molecule has 0 saturated heterocycles. The molecule has 1 atom stereocenters. The van der Waals surface area contributed by atoms with Crippen molar-refractivity contribution in [3.8, 4) is 0 Å². The van der Waals surface area contributed by atoms with E-state index in [1.54, 1.807) is 13.8 Å². The molecule has 11 heavy (non-hydrogen) atoms. The monoisotopic (exact) mass is 157 g/mol. The minimum absolute atomic E-state index is 0.451. The molecule has 0 amide bonds. The van der Waals surface area contributed by atoms with Gasteiger partial charge in [-0.25, -0.2) is 0 Å². The molecular formula is C6H11N3O2. The smallest absolute Gasteiger partial charge is 0.202 e. The van der Waals surface area contributed by atoms with Crippen molar-refractivity contribution < 1.29 is 9.84 Å². The van der Waals surface area contributed by atoms with Gasteiger partial charge in [0, 0.05) is 6.61 Å². The van der Waals surface area contributed by atoms with Gasteiger partial charge in [0.2, 0.25) is 6.29 Å². The lowest BCUT2D eigenvalue weighted by molar-refractivity contribution is -0.101. The fourth-order valence-electron chi connectivity index (χ4n) is 0.763. The van der Waals surface area contributed by atoms with Crippen molar-refractivity contribution in [2.24, 2.45) is 0 Å². The van der Waals surface area contributed by atoms with E-state index in [-0.39, 0.29) is 0 Å². The number of aromatic nitrogens is 3. The second-order valence-corrected chi connectivity index (χ2v) is 2.10. The maximum Gasteiger partial charge on any atom is 0.202 e. The van der Waals surface area contributed by atoms with Gasteiger partial charge in [-0.15, -0.1) is 0 Å². The molecule has 1 aromatic rings. The minimum atomic E-state index is -0.959. The number of aromatic amines is 1. The maximum atomic E-state index is 9.25. The Balaban J connectivity index is 2.67. The average Bonchev–Trinajstić information content (AvgIpc) is 2.36. The SMILES string of the molecule is CCOC(O)c1n[nH]nc1C. The van der Waals surface area contributed by atoms with Crippen molar-refractivity contribution in [1.82, 2.24) is 15.4 Å². The first-order valence-electron chi connectivity index (χ1n) is 3.42. The molecule has 0 fully saturated rings. The molecule has 5 nitrogen and oxygen atoms in total. The molecule has 0 aliphatic carbocycles. The Bertz CT molecular complexity index is 223. The lowest BCUT2D eigenvalue weighted by atomic mass is 10.3. The zero-order valence-corrected chi connectivity index (χ0v) is 6.53. The Hall–Kier alpha value is -0.940. The summed E-state index contributed by atoms with van der Waals surface area (Å²) >= 11 is 0. The predicted molar refractivity (Wildman–Crippen MR) is 37.7 cm³/mol. The van der Waals surface area contributed by atoms with E-state index < -0.39 is 6.29 Å². The van der Waals surface area contributed by atoms with Crippen LogP contribution in [0.15, 0.2) is 0 Å². The molecule has 62 valence electrons. The summed E-state index contributed by atoms with van der Waals surface area (Å²) in [6.45, 7) is 4.01. The molecule has 1 aromatic heterocycles. The first kappa shape index (κ1) is 8.16. The van der Waals surface area contributed by atoms with E-state index in [1.807, 2.05) is 0 Å². The first-order chi connectivity index (χ1) is 5.25. The van der Waals surface area contributed by atoms with Crippen LogP contribution in [0, 0.1) is 6.92 Å². The predicted octanol–water partition coefficient (Wildman–Crippen LogP) is 0.141. The molecular weight excluding hydrogens is 146 g/mol. The number of nitrogens with one attached hydrogen (secondary N) is 1. The second kappa shape index (κ2) is 3.45. The summed E-state index contributed by atoms with van der Waals surface area (Å²) in [7, 11) is 0. The van der Waals surface area contributed by atoms with Gasteiger partial charge in [-0.1, -0.05) is 0 Å². The lowest BCUT2D eigenvalue weighted by Crippen LogP contribution is -2.04. The van der Waals surface area contributed by atoms with Crippen LogP contribution < -0.4 is 0 Å². The number of aliphatic hydroxyl groups is 1. The van der Waals surface area contributed by atoms with Crippen molar-refractivity contribution in [1.29, 1.82) is 0 Å². The summed E-state index contributed by atoms with van der Waals surface area (Å²) in [5, 5.41) is 19.1. The number of nitrogens with zero attached hydrogens (tertiary/aromatic N) is 2. The molecule has 0 spiro atoms. The van der Waals surface area contributed by atoms with Crippen LogP contribution in [0.3, 0.4) is 0 Å². The number of aliphatic hydroxyl groups excluding tert-OH is 1. The van der Waals surface area contributed by atoms with Gasteiger partial charge in [0.25, 0.3) is 0 Å². The summed E-state index contributed by atoms with van der Waals surface area (Å²) in [5.41, 5.74) is 1.11. The lowest BCUT2D eigenvalue weighted by Gasteiger charge is -2.06. The fourth-order valence-corrected chi connectivity index (χ4v) is 0.763. The fraction of sp³-hybridized carbons (Fsp3) is 0.667. The molecule has 5 heteroatoms. The highest BCUT2D eigenvalue weighted by Crippen LogP contribution is 2.12. The van der Waals surface area contributed by atoms with Crippen LogP contribution in [0.1, 0.15) is 24.6 Å². The number of hydrogen-bond acceptors (Lipinski definition) is 4. The summed E-state index contributed by atoms with van der Waals surface area (Å²) < 4.78 is 4.90. The summed E-state index contributed by atoms with van der Waals surface area (Å²) in [6.07, 6.45) is -0.959. The number of rotatable bonds is 3. The molecule has 1 unspecified atom stereocenters. The molecule has 0 saturated carbocycles. The van der Waals surface area contributed by atoms with Crippen molar-refractivity contribution in [3.63, 3.8) is 0 Å². The van der Waals surface area contributed by atoms with Gasteiger partial charge in [0.1, 0.15) is 5.69 Å². The molecule has 1 rings (SSSR count). The Kier molecular flexibility index (Phi) is 2.56. The van der Waals surface area contributed by atoms with Crippen LogP contribution in [0.2, 0.25) is 0 Å². The number of H-pyrrole nitrogens is 1. The highest BCUT2D eigenvalue weighted by molar-refractivity contribution is 5.06. The molecule has 0 bridgehead atoms. The zero-order valence-electron chi connectivity index (χ0n) is 6.53. The Labute approximate surface area is 64.4 Å². The Morgan fingerprint density at radius 3 is 2.82 bits per heavy atom. The van der Waals surface area contributed by atoms with Crippen molar-refractivity contribution in [2.75, 3.05) is 6.61 Å². The number of aryl methyl sites for hydroxylation is 1. The maximum absolute atomic E-state index is 9.25. The van der Waals surface area contributed by atoms with E-state index in [0.29, 0.717) is 18.0 Å². The second-order valence-electron chi connectivity index (χ2n) is 2.10. The van der Waals surface area contributed by atoms with E-state index in [1.165, 1.54) is 0 Å². The van der Waals surface area contributed by atoms with E-state index in [0.717, 1.165) is 0 Å². The molecule has 0 radical (unpaired) electrons. The molecule has 0 aromatic carbocycles. The van der Waals surface area contributed by atoms with Gasteiger partial charge in [-0.3, -0.25) is 0 Å². The van der Waals surface area contributed by atoms with Gasteiger partial charge in [0.15, 0.2) is 0 Å². The van der Waals surface area contributed by atoms with Gasteiger partial charge < -0.3 is 9.84 Å². The normalized spacial score (nSPS) is 13.4. The third-order valence-electron chi connectivity index (χ3n) is 1.32. The standard InChI is InChI=1S/C6H11N3O2/c1-3-11-6(10)5-4(2)7-9-8-5/h6,10H,3H2,1-2H3,(H,7,8,9). The molecule has 0 aliphatic heterocycles. The molecule has 2 N–H and O–H groups in total. The van der Waals surface area contributed by atoms with Crippen LogP contribution in [-0.4, -0.2) is 27.1 Å². The highest BCUT2D eigenvalue weighted by atomic mass is 16.6. The number of ether oxygens (including phenoxy) is 1. The average molecular weight is 157 g/mol. The van der Waals surface area contributed by atoms with Gasteiger partial charge in [-0.05, 0) is 13.8 Å². The van der Waals surface area contributed by atoms with Crippen LogP contribution in [0.25, 0.3) is 0 Å². The molecule has 0 aliphatic rings. The third-order valence-corrected chi connectivity index (χ3v) is 1.32. The first-order valence-corrected chi connectivity index (χ1v) is 3.42. The topological polar surface area (TPSA) is 71.0 Å². The van der Waals surface area contributed by atoms with Crippen molar-refractivity contribution in [3.05, 3.63) is 11.4 Å². The van der Waals surface area contributed by atoms with Gasteiger partial charge >= 0.3 is 0 Å². The van der Waals surface area contributed by atoms with Crippen LogP contribution in [0.4, 0.5) is 0 Å². The summed E-state index contributed by atoms with van der Waals surface area (Å²) in [5.74, 6) is 0. The molecule has 1 heterocycles. The summed E-state index contributed by atoms with van der Waals surface area (Å²) in [4.78, 5) is 0. The van der Waals surface area contributed by atoms with E-state index in [2.05, 4.69) is 15.4 Å².